The van der Waals surface area contributed by atoms with Gasteiger partial charge < -0.3 is 10.2 Å². The topological polar surface area (TPSA) is 40.5 Å². The van der Waals surface area contributed by atoms with Crippen molar-refractivity contribution in [2.45, 2.75) is 38.7 Å². The molecular formula is C10H20O2. The number of aliphatic hydroxyl groups excluding tert-OH is 1. The second-order valence-corrected chi connectivity index (χ2v) is 3.56. The molecule has 0 aliphatic carbocycles. The predicted molar refractivity (Wildman–Crippen MR) is 50.9 cm³/mol. The minimum atomic E-state index is -0.719. The number of hydrogen-bond acceptors (Lipinski definition) is 2. The smallest absolute Gasteiger partial charge is 0.0695 e. The van der Waals surface area contributed by atoms with Crippen molar-refractivity contribution in [3.05, 3.63) is 12.7 Å². The molecule has 12 heavy (non-hydrogen) atoms. The third kappa shape index (κ3) is 3.37. The molecule has 0 aromatic carbocycles. The van der Waals surface area contributed by atoms with E-state index in [0.29, 0.717) is 12.8 Å². The first kappa shape index (κ1) is 11.7. The Morgan fingerprint density at radius 1 is 1.42 bits per heavy atom. The van der Waals surface area contributed by atoms with Crippen LogP contribution in [0.25, 0.3) is 0 Å². The van der Waals surface area contributed by atoms with Gasteiger partial charge in [-0.2, -0.15) is 0 Å². The lowest BCUT2D eigenvalue weighted by molar-refractivity contribution is -0.0315. The van der Waals surface area contributed by atoms with E-state index in [9.17, 15) is 5.11 Å². The summed E-state index contributed by atoms with van der Waals surface area (Å²) < 4.78 is 0. The van der Waals surface area contributed by atoms with Gasteiger partial charge in [-0.05, 0) is 25.2 Å². The van der Waals surface area contributed by atoms with Gasteiger partial charge in [-0.1, -0.05) is 19.9 Å². The molecule has 0 saturated carbocycles. The highest BCUT2D eigenvalue weighted by atomic mass is 16.3. The zero-order valence-electron chi connectivity index (χ0n) is 8.08. The largest absolute Gasteiger partial charge is 0.396 e. The first-order valence-corrected chi connectivity index (χ1v) is 4.51. The molecule has 2 heteroatoms. The van der Waals surface area contributed by atoms with Crippen molar-refractivity contribution in [3.63, 3.8) is 0 Å². The quantitative estimate of drug-likeness (QED) is 0.599. The highest BCUT2D eigenvalue weighted by molar-refractivity contribution is 4.84. The second-order valence-electron chi connectivity index (χ2n) is 3.56. The van der Waals surface area contributed by atoms with Crippen LogP contribution in [-0.2, 0) is 0 Å². The van der Waals surface area contributed by atoms with Crippen LogP contribution in [-0.4, -0.2) is 22.4 Å². The molecule has 0 unspecified atom stereocenters. The van der Waals surface area contributed by atoms with E-state index in [1.807, 2.05) is 13.8 Å². The Kier molecular flexibility index (Phi) is 5.18. The van der Waals surface area contributed by atoms with Gasteiger partial charge in [0, 0.05) is 6.61 Å². The van der Waals surface area contributed by atoms with Crippen LogP contribution in [0.5, 0.6) is 0 Å². The lowest BCUT2D eigenvalue weighted by Gasteiger charge is -2.31. The lowest BCUT2D eigenvalue weighted by atomic mass is 9.83. The van der Waals surface area contributed by atoms with E-state index in [2.05, 4.69) is 6.58 Å². The van der Waals surface area contributed by atoms with Crippen molar-refractivity contribution in [2.24, 2.45) is 5.92 Å². The minimum absolute atomic E-state index is 0.0474. The number of aliphatic hydroxyl groups is 2. The van der Waals surface area contributed by atoms with E-state index in [-0.39, 0.29) is 12.5 Å². The Bertz CT molecular complexity index is 132. The zero-order valence-corrected chi connectivity index (χ0v) is 8.08. The van der Waals surface area contributed by atoms with Gasteiger partial charge in [0.2, 0.25) is 0 Å². The van der Waals surface area contributed by atoms with Crippen LogP contribution in [0.4, 0.5) is 0 Å². The molecule has 0 fully saturated rings. The van der Waals surface area contributed by atoms with E-state index < -0.39 is 5.60 Å². The monoisotopic (exact) mass is 172 g/mol. The Balaban J connectivity index is 4.07. The maximum absolute atomic E-state index is 10.0. The molecule has 0 aliphatic heterocycles. The SMILES string of the molecule is C=CCC[C@@](O)(CCO)C(C)C. The van der Waals surface area contributed by atoms with Gasteiger partial charge in [0.1, 0.15) is 0 Å². The molecule has 72 valence electrons. The maximum Gasteiger partial charge on any atom is 0.0695 e. The Hall–Kier alpha value is -0.340. The molecule has 0 aliphatic rings. The fourth-order valence-corrected chi connectivity index (χ4v) is 1.25. The molecular weight excluding hydrogens is 152 g/mol. The van der Waals surface area contributed by atoms with Crippen molar-refractivity contribution >= 4 is 0 Å². The molecule has 0 radical (unpaired) electrons. The molecule has 2 N–H and O–H groups in total. The average molecular weight is 172 g/mol. The standard InChI is InChI=1S/C10H20O2/c1-4-5-6-10(12,7-8-11)9(2)3/h4,9,11-12H,1,5-8H2,2-3H3/t10-/m1/s1. The maximum atomic E-state index is 10.0. The van der Waals surface area contributed by atoms with Gasteiger partial charge in [0.25, 0.3) is 0 Å². The summed E-state index contributed by atoms with van der Waals surface area (Å²) in [5, 5.41) is 18.8. The van der Waals surface area contributed by atoms with Crippen molar-refractivity contribution in [2.75, 3.05) is 6.61 Å². The third-order valence-corrected chi connectivity index (χ3v) is 2.40. The van der Waals surface area contributed by atoms with Crippen molar-refractivity contribution < 1.29 is 10.2 Å². The summed E-state index contributed by atoms with van der Waals surface area (Å²) in [6.45, 7) is 7.60. The van der Waals surface area contributed by atoms with Crippen LogP contribution >= 0.6 is 0 Å². The van der Waals surface area contributed by atoms with Gasteiger partial charge in [-0.25, -0.2) is 0 Å². The van der Waals surface area contributed by atoms with E-state index in [1.165, 1.54) is 0 Å². The molecule has 1 atom stereocenters. The Labute approximate surface area is 74.9 Å². The van der Waals surface area contributed by atoms with E-state index in [4.69, 9.17) is 5.11 Å². The van der Waals surface area contributed by atoms with Crippen LogP contribution in [0, 0.1) is 5.92 Å². The first-order valence-electron chi connectivity index (χ1n) is 4.51. The van der Waals surface area contributed by atoms with Gasteiger partial charge in [0.05, 0.1) is 5.60 Å². The fourth-order valence-electron chi connectivity index (χ4n) is 1.25. The van der Waals surface area contributed by atoms with Crippen molar-refractivity contribution in [1.82, 2.24) is 0 Å². The molecule has 0 rings (SSSR count). The average Bonchev–Trinajstić information content (AvgIpc) is 2.01. The molecule has 0 aromatic heterocycles. The summed E-state index contributed by atoms with van der Waals surface area (Å²) in [5.74, 6) is 0.185. The van der Waals surface area contributed by atoms with Crippen LogP contribution < -0.4 is 0 Å². The van der Waals surface area contributed by atoms with Crippen LogP contribution in [0.15, 0.2) is 12.7 Å². The number of allylic oxidation sites excluding steroid dienone is 1. The van der Waals surface area contributed by atoms with Gasteiger partial charge >= 0.3 is 0 Å². The molecule has 0 spiro atoms. The first-order chi connectivity index (χ1) is 5.56. The zero-order chi connectivity index (χ0) is 9.61. The van der Waals surface area contributed by atoms with Crippen molar-refractivity contribution in [1.29, 1.82) is 0 Å². The molecule has 0 amide bonds. The van der Waals surface area contributed by atoms with Crippen LogP contribution in [0.3, 0.4) is 0 Å². The predicted octanol–water partition coefficient (Wildman–Crippen LogP) is 1.72. The summed E-state index contributed by atoms with van der Waals surface area (Å²) >= 11 is 0. The summed E-state index contributed by atoms with van der Waals surface area (Å²) in [5.41, 5.74) is -0.719. The van der Waals surface area contributed by atoms with Gasteiger partial charge in [0.15, 0.2) is 0 Å². The summed E-state index contributed by atoms with van der Waals surface area (Å²) in [7, 11) is 0. The van der Waals surface area contributed by atoms with Crippen LogP contribution in [0.1, 0.15) is 33.1 Å². The summed E-state index contributed by atoms with van der Waals surface area (Å²) in [4.78, 5) is 0. The normalized spacial score (nSPS) is 16.1. The second kappa shape index (κ2) is 5.33. The molecule has 0 heterocycles. The summed E-state index contributed by atoms with van der Waals surface area (Å²) in [6, 6.07) is 0. The van der Waals surface area contributed by atoms with Gasteiger partial charge in [-0.15, -0.1) is 6.58 Å². The molecule has 0 saturated heterocycles. The fraction of sp³-hybridized carbons (Fsp3) is 0.800. The lowest BCUT2D eigenvalue weighted by Crippen LogP contribution is -2.35. The number of rotatable bonds is 6. The molecule has 2 nitrogen and oxygen atoms in total. The van der Waals surface area contributed by atoms with E-state index in [0.717, 1.165) is 6.42 Å². The third-order valence-electron chi connectivity index (χ3n) is 2.40. The van der Waals surface area contributed by atoms with E-state index >= 15 is 0 Å². The van der Waals surface area contributed by atoms with Crippen molar-refractivity contribution in [3.8, 4) is 0 Å². The molecule has 0 bridgehead atoms. The van der Waals surface area contributed by atoms with Crippen LogP contribution in [0.2, 0.25) is 0 Å². The van der Waals surface area contributed by atoms with E-state index in [1.54, 1.807) is 6.08 Å². The number of hydrogen-bond donors (Lipinski definition) is 2. The summed E-state index contributed by atoms with van der Waals surface area (Å²) in [6.07, 6.45) is 3.74. The minimum Gasteiger partial charge on any atom is -0.396 e. The highest BCUT2D eigenvalue weighted by Gasteiger charge is 2.28. The highest BCUT2D eigenvalue weighted by Crippen LogP contribution is 2.26. The molecule has 0 aromatic rings. The van der Waals surface area contributed by atoms with Gasteiger partial charge in [-0.3, -0.25) is 0 Å². The Morgan fingerprint density at radius 3 is 2.33 bits per heavy atom. The Morgan fingerprint density at radius 2 is 2.00 bits per heavy atom.